The van der Waals surface area contributed by atoms with Gasteiger partial charge >= 0.3 is 0 Å². The number of benzene rings is 3. The number of amides is 3. The van der Waals surface area contributed by atoms with Crippen LogP contribution in [0.15, 0.2) is 42.5 Å². The van der Waals surface area contributed by atoms with Crippen molar-refractivity contribution in [2.45, 2.75) is 13.0 Å². The lowest BCUT2D eigenvalue weighted by Gasteiger charge is -2.34. The highest BCUT2D eigenvalue weighted by molar-refractivity contribution is 6.55. The Labute approximate surface area is 245 Å². The average molecular weight is 640 g/mol. The second-order valence-corrected chi connectivity index (χ2v) is 10.5. The second-order valence-electron chi connectivity index (χ2n) is 7.75. The third-order valence-corrected chi connectivity index (χ3v) is 8.34. The molecule has 6 nitrogen and oxygen atoms in total. The van der Waals surface area contributed by atoms with Gasteiger partial charge < -0.3 is 0 Å². The Balaban J connectivity index is 1.88. The number of hydrazine groups is 1. The van der Waals surface area contributed by atoms with Crippen LogP contribution in [0.5, 0.6) is 0 Å². The van der Waals surface area contributed by atoms with Gasteiger partial charge in [0.1, 0.15) is 6.04 Å². The summed E-state index contributed by atoms with van der Waals surface area (Å²) >= 11 is 42.7. The van der Waals surface area contributed by atoms with Crippen LogP contribution in [0.25, 0.3) is 0 Å². The number of fused-ring (bicyclic) bond motifs is 1. The number of halogens is 7. The van der Waals surface area contributed by atoms with Crippen LogP contribution in [0.1, 0.15) is 48.4 Å². The third-order valence-electron chi connectivity index (χ3n) is 5.54. The first-order valence-corrected chi connectivity index (χ1v) is 12.8. The zero-order valence-corrected chi connectivity index (χ0v) is 23.6. The zero-order chi connectivity index (χ0) is 27.3. The molecule has 0 bridgehead atoms. The minimum Gasteiger partial charge on any atom is -0.292 e. The normalized spacial score (nSPS) is 13.6. The Morgan fingerprint density at radius 3 is 1.68 bits per heavy atom. The molecular formula is C24H11Cl7N2O4. The molecule has 0 saturated carbocycles. The fourth-order valence-electron chi connectivity index (χ4n) is 3.70. The molecular weight excluding hydrogens is 628 g/mol. The van der Waals surface area contributed by atoms with E-state index in [0.29, 0.717) is 15.0 Å². The molecule has 3 amide bonds. The SMILES string of the molecule is C[C@@H](C(=O)c1ccc(Cl)cc1)N(C(=O)c1ccc(Cl)c(Cl)c1)N1C(=O)c2c(Cl)c(Cl)c(Cl)c(Cl)c2C1=O. The Morgan fingerprint density at radius 2 is 1.19 bits per heavy atom. The van der Waals surface area contributed by atoms with E-state index in [0.717, 1.165) is 0 Å². The molecule has 37 heavy (non-hydrogen) atoms. The summed E-state index contributed by atoms with van der Waals surface area (Å²) in [5, 5.41) is 0.622. The number of hydrogen-bond donors (Lipinski definition) is 0. The molecule has 0 aliphatic carbocycles. The van der Waals surface area contributed by atoms with E-state index in [9.17, 15) is 19.2 Å². The van der Waals surface area contributed by atoms with Crippen LogP contribution >= 0.6 is 81.2 Å². The van der Waals surface area contributed by atoms with Gasteiger partial charge in [0, 0.05) is 16.1 Å². The maximum Gasteiger partial charge on any atom is 0.282 e. The van der Waals surface area contributed by atoms with Gasteiger partial charge in [-0.25, -0.2) is 5.01 Å². The van der Waals surface area contributed by atoms with E-state index in [2.05, 4.69) is 0 Å². The minimum atomic E-state index is -1.38. The van der Waals surface area contributed by atoms with Gasteiger partial charge in [0.25, 0.3) is 17.7 Å². The van der Waals surface area contributed by atoms with Crippen LogP contribution in [-0.4, -0.2) is 39.6 Å². The summed E-state index contributed by atoms with van der Waals surface area (Å²) in [6.45, 7) is 1.35. The Morgan fingerprint density at radius 1 is 0.703 bits per heavy atom. The van der Waals surface area contributed by atoms with Crippen molar-refractivity contribution in [3.63, 3.8) is 0 Å². The number of imide groups is 1. The first kappa shape index (κ1) is 28.0. The maximum absolute atomic E-state index is 13.8. The van der Waals surface area contributed by atoms with E-state index in [1.807, 2.05) is 0 Å². The molecule has 4 rings (SSSR count). The van der Waals surface area contributed by atoms with Crippen molar-refractivity contribution in [1.29, 1.82) is 0 Å². The highest BCUT2D eigenvalue weighted by Gasteiger charge is 2.48. The molecule has 1 aliphatic rings. The summed E-state index contributed by atoms with van der Waals surface area (Å²) in [6, 6.07) is 8.40. The highest BCUT2D eigenvalue weighted by atomic mass is 35.5. The van der Waals surface area contributed by atoms with Gasteiger partial charge in [0.2, 0.25) is 0 Å². The molecule has 0 saturated heterocycles. The molecule has 1 heterocycles. The summed E-state index contributed by atoms with van der Waals surface area (Å²) in [6.07, 6.45) is 0. The van der Waals surface area contributed by atoms with Gasteiger partial charge in [-0.05, 0) is 49.4 Å². The fraction of sp³-hybridized carbons (Fsp3) is 0.0833. The lowest BCUT2D eigenvalue weighted by Crippen LogP contribution is -2.56. The van der Waals surface area contributed by atoms with E-state index >= 15 is 0 Å². The van der Waals surface area contributed by atoms with Gasteiger partial charge in [-0.2, -0.15) is 5.01 Å². The number of rotatable bonds is 5. The maximum atomic E-state index is 13.8. The molecule has 0 spiro atoms. The highest BCUT2D eigenvalue weighted by Crippen LogP contribution is 2.45. The van der Waals surface area contributed by atoms with E-state index in [4.69, 9.17) is 81.2 Å². The monoisotopic (exact) mass is 636 g/mol. The van der Waals surface area contributed by atoms with Crippen molar-refractivity contribution >= 4 is 105 Å². The minimum absolute atomic E-state index is 0.0381. The predicted octanol–water partition coefficient (Wildman–Crippen LogP) is 8.19. The number of ketones is 1. The molecule has 0 radical (unpaired) electrons. The lowest BCUT2D eigenvalue weighted by atomic mass is 10.0. The summed E-state index contributed by atoms with van der Waals surface area (Å²) in [5.74, 6) is -3.58. The molecule has 1 aliphatic heterocycles. The number of nitrogens with zero attached hydrogens (tertiary/aromatic N) is 2. The van der Waals surface area contributed by atoms with Gasteiger partial charge in [-0.1, -0.05) is 81.2 Å². The topological polar surface area (TPSA) is 74.8 Å². The second kappa shape index (κ2) is 10.6. The van der Waals surface area contributed by atoms with Crippen molar-refractivity contribution in [2.75, 3.05) is 0 Å². The largest absolute Gasteiger partial charge is 0.292 e. The summed E-state index contributed by atoms with van der Waals surface area (Å²) in [5.41, 5.74) is -0.606. The Kier molecular flexibility index (Phi) is 8.03. The summed E-state index contributed by atoms with van der Waals surface area (Å²) in [7, 11) is 0. The van der Waals surface area contributed by atoms with Crippen LogP contribution in [0.4, 0.5) is 0 Å². The van der Waals surface area contributed by atoms with Crippen LogP contribution in [0, 0.1) is 0 Å². The van der Waals surface area contributed by atoms with Gasteiger partial charge in [-0.15, -0.1) is 0 Å². The Bertz CT molecular complexity index is 1460. The first-order valence-electron chi connectivity index (χ1n) is 10.2. The molecule has 0 unspecified atom stereocenters. The number of carbonyl (C=O) groups excluding carboxylic acids is 4. The van der Waals surface area contributed by atoms with Gasteiger partial charge in [0.15, 0.2) is 5.78 Å². The summed E-state index contributed by atoms with van der Waals surface area (Å²) in [4.78, 5) is 54.3. The number of Topliss-reactive ketones (excluding diaryl/α,β-unsaturated/α-hetero) is 1. The van der Waals surface area contributed by atoms with E-state index in [1.54, 1.807) is 0 Å². The smallest absolute Gasteiger partial charge is 0.282 e. The molecule has 0 N–H and O–H groups in total. The third kappa shape index (κ3) is 4.81. The standard InChI is InChI=1S/C24H11Cl7N2O4/c1-9(21(34)10-2-5-12(25)6-3-10)32(22(35)11-4-7-13(26)14(27)8-11)33-23(36)15-16(24(33)37)18(29)20(31)19(30)17(15)28/h2-9H,1H3/t9-/m0/s1. The first-order chi connectivity index (χ1) is 17.4. The van der Waals surface area contributed by atoms with Crippen molar-refractivity contribution in [3.8, 4) is 0 Å². The van der Waals surface area contributed by atoms with E-state index in [1.165, 1.54) is 49.4 Å². The summed E-state index contributed by atoms with van der Waals surface area (Å²) < 4.78 is 0. The van der Waals surface area contributed by atoms with E-state index < -0.39 is 29.5 Å². The predicted molar refractivity (Wildman–Crippen MR) is 145 cm³/mol. The van der Waals surface area contributed by atoms with Crippen molar-refractivity contribution in [3.05, 3.63) is 99.9 Å². The average Bonchev–Trinajstić information content (AvgIpc) is 3.13. The molecule has 3 aromatic carbocycles. The lowest BCUT2D eigenvalue weighted by molar-refractivity contribution is -0.00679. The van der Waals surface area contributed by atoms with E-state index in [-0.39, 0.29) is 52.4 Å². The van der Waals surface area contributed by atoms with Crippen molar-refractivity contribution in [1.82, 2.24) is 10.0 Å². The Hall–Kier alpha value is -2.03. The number of hydrogen-bond acceptors (Lipinski definition) is 4. The van der Waals surface area contributed by atoms with Crippen molar-refractivity contribution in [2.24, 2.45) is 0 Å². The molecule has 190 valence electrons. The molecule has 13 heteroatoms. The molecule has 1 atom stereocenters. The van der Waals surface area contributed by atoms with Crippen LogP contribution in [0.3, 0.4) is 0 Å². The van der Waals surface area contributed by atoms with Crippen LogP contribution in [-0.2, 0) is 0 Å². The van der Waals surface area contributed by atoms with Crippen LogP contribution in [0.2, 0.25) is 35.2 Å². The van der Waals surface area contributed by atoms with Gasteiger partial charge in [-0.3, -0.25) is 19.2 Å². The zero-order valence-electron chi connectivity index (χ0n) is 18.3. The molecule has 3 aromatic rings. The van der Waals surface area contributed by atoms with Crippen molar-refractivity contribution < 1.29 is 19.2 Å². The fourth-order valence-corrected chi connectivity index (χ4v) is 5.14. The molecule has 0 aromatic heterocycles. The quantitative estimate of drug-likeness (QED) is 0.122. The molecule has 0 fully saturated rings. The van der Waals surface area contributed by atoms with Gasteiger partial charge in [0.05, 0.1) is 41.3 Å². The van der Waals surface area contributed by atoms with Crippen LogP contribution < -0.4 is 0 Å². The number of carbonyl (C=O) groups is 4.